The minimum atomic E-state index is 0. The van der Waals surface area contributed by atoms with E-state index in [-0.39, 0.29) is 143 Å². The van der Waals surface area contributed by atoms with Gasteiger partial charge in [-0.15, -0.1) is 0 Å². The van der Waals surface area contributed by atoms with E-state index < -0.39 is 0 Å². The summed E-state index contributed by atoms with van der Waals surface area (Å²) >= 11 is 0. The van der Waals surface area contributed by atoms with Gasteiger partial charge in [-0.3, -0.25) is 0 Å². The fourth-order valence-corrected chi connectivity index (χ4v) is 0. The van der Waals surface area contributed by atoms with Gasteiger partial charge in [0.25, 0.3) is 0 Å². The monoisotopic (exact) mass is 256 g/mol. The Morgan fingerprint density at radius 1 is 1.00 bits per heavy atom. The molecule has 0 saturated heterocycles. The van der Waals surface area contributed by atoms with E-state index in [4.69, 9.17) is 0 Å². The van der Waals surface area contributed by atoms with Crippen molar-refractivity contribution in [2.75, 3.05) is 0 Å². The third kappa shape index (κ3) is 9.82. The molecule has 0 aliphatic rings. The summed E-state index contributed by atoms with van der Waals surface area (Å²) in [6.45, 7) is 0. The van der Waals surface area contributed by atoms with Crippen LogP contribution in [0.15, 0.2) is 0 Å². The van der Waals surface area contributed by atoms with Crippen LogP contribution in [0.5, 0.6) is 0 Å². The average Bonchev–Trinajstić information content (AvgIpc) is 0. The molecule has 0 amide bonds. The van der Waals surface area contributed by atoms with Crippen molar-refractivity contribution in [2.24, 2.45) is 0 Å². The summed E-state index contributed by atoms with van der Waals surface area (Å²) in [7, 11) is 0. The first-order valence-electron chi connectivity index (χ1n) is 0. The molecule has 4 heavy (non-hydrogen) atoms. The summed E-state index contributed by atoms with van der Waals surface area (Å²) in [5.41, 5.74) is 0. The molecule has 6 radical (unpaired) electrons. The summed E-state index contributed by atoms with van der Waals surface area (Å²) in [5.74, 6) is 0. The number of hydrogen-bond donors (Lipinski definition) is 0. The molecule has 0 N–H and O–H groups in total. The molecule has 0 aromatic rings. The van der Waals surface area contributed by atoms with Gasteiger partial charge in [-0.05, 0) is 0 Å². The van der Waals surface area contributed by atoms with Crippen LogP contribution < -0.4 is 0 Å². The molecule has 4 heteroatoms. The zero-order chi connectivity index (χ0) is 0. The van der Waals surface area contributed by atoms with Gasteiger partial charge < -0.3 is 0 Å². The van der Waals surface area contributed by atoms with E-state index in [1.54, 1.807) is 0 Å². The van der Waals surface area contributed by atoms with Crippen molar-refractivity contribution < 1.29 is 0 Å². The van der Waals surface area contributed by atoms with Gasteiger partial charge in [-0.2, -0.15) is 0 Å². The molecule has 0 aliphatic heterocycles. The first-order valence-corrected chi connectivity index (χ1v) is 0. The van der Waals surface area contributed by atoms with E-state index in [0.29, 0.717) is 0 Å². The van der Waals surface area contributed by atoms with Crippen LogP contribution in [0.2, 0.25) is 0 Å². The summed E-state index contributed by atoms with van der Waals surface area (Å²) < 4.78 is 0. The van der Waals surface area contributed by atoms with E-state index in [1.807, 2.05) is 0 Å². The third-order valence-corrected chi connectivity index (χ3v) is 0. The normalized spacial score (nSPS) is 0. The summed E-state index contributed by atoms with van der Waals surface area (Å²) in [6, 6.07) is 0. The van der Waals surface area contributed by atoms with Crippen LogP contribution in [-0.2, 0) is 0 Å². The molecule has 6 valence electrons. The minimum Gasteiger partial charge on any atom is 0 e. The standard InChI is InChI=1S/Ba.Li.Na.Sr. The van der Waals surface area contributed by atoms with E-state index in [9.17, 15) is 0 Å². The van der Waals surface area contributed by atoms with E-state index >= 15 is 0 Å². The molecule has 0 aromatic heterocycles. The first-order chi connectivity index (χ1) is 0. The Morgan fingerprint density at radius 3 is 1.00 bits per heavy atom. The summed E-state index contributed by atoms with van der Waals surface area (Å²) in [6.07, 6.45) is 0. The fraction of sp³-hybridized carbons (Fsp3) is 0. The van der Waals surface area contributed by atoms with Crippen LogP contribution in [0.4, 0.5) is 0 Å². The van der Waals surface area contributed by atoms with Gasteiger partial charge in [0.05, 0.1) is 0 Å². The fourth-order valence-electron chi connectivity index (χ4n) is 0. The van der Waals surface area contributed by atoms with Crippen molar-refractivity contribution in [1.29, 1.82) is 0 Å². The Morgan fingerprint density at radius 2 is 1.00 bits per heavy atom. The molecule has 0 unspecified atom stereocenters. The average molecular weight is 255 g/mol. The van der Waals surface area contributed by atoms with Gasteiger partial charge in [0.15, 0.2) is 0 Å². The molecule has 0 spiro atoms. The van der Waals surface area contributed by atoms with Crippen LogP contribution >= 0.6 is 0 Å². The second kappa shape index (κ2) is 15.6. The largest absolute Gasteiger partial charge is 0 e. The predicted molar refractivity (Wildman–Crippen MR) is 23.0 cm³/mol. The van der Waals surface area contributed by atoms with Crippen molar-refractivity contribution in [3.05, 3.63) is 0 Å². The van der Waals surface area contributed by atoms with E-state index in [1.165, 1.54) is 0 Å². The molecule has 0 fully saturated rings. The Kier molecular flexibility index (Phi) is 91.6. The first kappa shape index (κ1) is 23.4. The Hall–Kier alpha value is 4.65. The van der Waals surface area contributed by atoms with Crippen molar-refractivity contribution in [1.82, 2.24) is 0 Å². The topological polar surface area (TPSA) is 0 Å². The van der Waals surface area contributed by atoms with Crippen LogP contribution in [0.3, 0.4) is 0 Å². The smallest absolute Gasteiger partial charge is 0 e. The maximum absolute atomic E-state index is 0. The zero-order valence-corrected chi connectivity index (χ0v) is 13.3. The van der Waals surface area contributed by atoms with Crippen molar-refractivity contribution in [3.8, 4) is 0 Å². The predicted octanol–water partition coefficient (Wildman–Crippen LogP) is -1.52. The van der Waals surface area contributed by atoms with Gasteiger partial charge in [0, 0.05) is 143 Å². The summed E-state index contributed by atoms with van der Waals surface area (Å²) in [5, 5.41) is 0. The quantitative estimate of drug-likeness (QED) is 0.461. The molecular weight excluding hydrogens is 255 g/mol. The van der Waals surface area contributed by atoms with Gasteiger partial charge in [-0.25, -0.2) is 0 Å². The number of hydrogen-bond acceptors (Lipinski definition) is 0. The van der Waals surface area contributed by atoms with Crippen LogP contribution in [0, 0.1) is 0 Å². The van der Waals surface area contributed by atoms with Gasteiger partial charge in [0.2, 0.25) is 0 Å². The van der Waals surface area contributed by atoms with Crippen LogP contribution in [0.25, 0.3) is 0 Å². The van der Waals surface area contributed by atoms with E-state index in [0.717, 1.165) is 0 Å². The van der Waals surface area contributed by atoms with Gasteiger partial charge in [0.1, 0.15) is 0 Å². The Bertz CT molecular complexity index is 8.00. The zero-order valence-electron chi connectivity index (χ0n) is 3.41. The Labute approximate surface area is 138 Å². The molecule has 0 rings (SSSR count). The number of rotatable bonds is 0. The van der Waals surface area contributed by atoms with Crippen molar-refractivity contribution in [2.45, 2.75) is 0 Å². The molecule has 0 nitrogen and oxygen atoms in total. The molecule has 0 saturated carbocycles. The maximum atomic E-state index is 0. The third-order valence-electron chi connectivity index (χ3n) is 0. The molecule has 0 atom stereocenters. The molecular formula is BaLiNaSr. The van der Waals surface area contributed by atoms with Crippen molar-refractivity contribution >= 4 is 143 Å². The minimum absolute atomic E-state index is 0. The second-order valence-corrected chi connectivity index (χ2v) is 0. The van der Waals surface area contributed by atoms with Gasteiger partial charge >= 0.3 is 0 Å². The second-order valence-electron chi connectivity index (χ2n) is 0. The molecule has 0 heterocycles. The Balaban J connectivity index is 0. The maximum Gasteiger partial charge on any atom is 0 e. The summed E-state index contributed by atoms with van der Waals surface area (Å²) in [4.78, 5) is 0. The van der Waals surface area contributed by atoms with E-state index in [2.05, 4.69) is 0 Å². The molecule has 0 bridgehead atoms. The van der Waals surface area contributed by atoms with Crippen LogP contribution in [-0.4, -0.2) is 143 Å². The SMILES string of the molecule is [Ba].[Li].[Na].[Sr]. The van der Waals surface area contributed by atoms with Crippen molar-refractivity contribution in [3.63, 3.8) is 0 Å². The molecule has 0 aliphatic carbocycles. The van der Waals surface area contributed by atoms with Crippen LogP contribution in [0.1, 0.15) is 0 Å². The molecule has 0 aromatic carbocycles. The van der Waals surface area contributed by atoms with Gasteiger partial charge in [-0.1, -0.05) is 0 Å².